The van der Waals surface area contributed by atoms with Crippen LogP contribution < -0.4 is 5.73 Å². The summed E-state index contributed by atoms with van der Waals surface area (Å²) in [6, 6.07) is 2.41. The average molecular weight is 302 g/mol. The Labute approximate surface area is 127 Å². The van der Waals surface area contributed by atoms with E-state index in [4.69, 9.17) is 5.73 Å². The molecular formula is C15H18N4OS. The lowest BCUT2D eigenvalue weighted by atomic mass is 9.95. The normalized spacial score (nSPS) is 21.4. The van der Waals surface area contributed by atoms with Crippen molar-refractivity contribution >= 4 is 22.9 Å². The Balaban J connectivity index is 1.73. The van der Waals surface area contributed by atoms with Crippen molar-refractivity contribution in [3.63, 3.8) is 0 Å². The number of fused-ring (bicyclic) bond motifs is 1. The molecule has 2 aromatic rings. The van der Waals surface area contributed by atoms with Crippen LogP contribution in [0.3, 0.4) is 0 Å². The molecule has 1 unspecified atom stereocenters. The van der Waals surface area contributed by atoms with Crippen LogP contribution in [0.1, 0.15) is 39.8 Å². The lowest BCUT2D eigenvalue weighted by Gasteiger charge is -2.36. The number of carbonyl (C=O) groups is 1. The quantitative estimate of drug-likeness (QED) is 0.925. The number of thiophene rings is 1. The number of aromatic nitrogens is 2. The summed E-state index contributed by atoms with van der Waals surface area (Å²) in [7, 11) is 1.77. The van der Waals surface area contributed by atoms with E-state index in [1.54, 1.807) is 17.9 Å². The van der Waals surface area contributed by atoms with E-state index in [-0.39, 0.29) is 11.9 Å². The molecule has 1 aliphatic carbocycles. The van der Waals surface area contributed by atoms with Crippen LogP contribution in [0.5, 0.6) is 0 Å². The minimum atomic E-state index is 0.0150. The third kappa shape index (κ3) is 1.97. The number of amides is 1. The Morgan fingerprint density at radius 1 is 1.48 bits per heavy atom. The van der Waals surface area contributed by atoms with Gasteiger partial charge in [-0.05, 0) is 42.2 Å². The first-order valence-electron chi connectivity index (χ1n) is 7.31. The molecule has 21 heavy (non-hydrogen) atoms. The lowest BCUT2D eigenvalue weighted by molar-refractivity contribution is 0.0627. The van der Waals surface area contributed by atoms with Gasteiger partial charge in [0, 0.05) is 18.5 Å². The smallest absolute Gasteiger partial charge is 0.274 e. The summed E-state index contributed by atoms with van der Waals surface area (Å²) in [5, 5.41) is 6.24. The summed E-state index contributed by atoms with van der Waals surface area (Å²) in [6.07, 6.45) is 4.92. The maximum Gasteiger partial charge on any atom is 0.274 e. The molecular weight excluding hydrogens is 284 g/mol. The maximum atomic E-state index is 13.0. The zero-order valence-electron chi connectivity index (χ0n) is 12.0. The van der Waals surface area contributed by atoms with Gasteiger partial charge in [-0.2, -0.15) is 5.10 Å². The molecule has 2 N–H and O–H groups in total. The number of anilines is 1. The summed E-state index contributed by atoms with van der Waals surface area (Å²) in [4.78, 5) is 16.4. The second kappa shape index (κ2) is 4.59. The van der Waals surface area contributed by atoms with Gasteiger partial charge in [0.1, 0.15) is 5.69 Å². The molecule has 4 rings (SSSR count). The molecule has 0 saturated heterocycles. The fraction of sp³-hybridized carbons (Fsp3) is 0.467. The Morgan fingerprint density at radius 2 is 2.29 bits per heavy atom. The van der Waals surface area contributed by atoms with Crippen molar-refractivity contribution in [3.8, 4) is 0 Å². The van der Waals surface area contributed by atoms with Gasteiger partial charge in [0.15, 0.2) is 0 Å². The van der Waals surface area contributed by atoms with Crippen LogP contribution in [0.25, 0.3) is 0 Å². The predicted molar refractivity (Wildman–Crippen MR) is 82.1 cm³/mol. The van der Waals surface area contributed by atoms with Crippen molar-refractivity contribution in [2.24, 2.45) is 13.0 Å². The van der Waals surface area contributed by atoms with E-state index in [1.165, 1.54) is 23.3 Å². The van der Waals surface area contributed by atoms with Crippen LogP contribution in [0.4, 0.5) is 5.69 Å². The second-order valence-corrected chi connectivity index (χ2v) is 6.90. The van der Waals surface area contributed by atoms with Crippen molar-refractivity contribution in [2.45, 2.75) is 25.3 Å². The number of nitrogens with zero attached hydrogens (tertiary/aromatic N) is 3. The summed E-state index contributed by atoms with van der Waals surface area (Å²) < 4.78 is 1.59. The summed E-state index contributed by atoms with van der Waals surface area (Å²) in [5.74, 6) is 0.623. The minimum Gasteiger partial charge on any atom is -0.396 e. The van der Waals surface area contributed by atoms with Gasteiger partial charge < -0.3 is 10.6 Å². The van der Waals surface area contributed by atoms with Crippen molar-refractivity contribution in [3.05, 3.63) is 33.8 Å². The number of nitrogens with two attached hydrogens (primary N) is 1. The highest BCUT2D eigenvalue weighted by molar-refractivity contribution is 7.10. The molecule has 110 valence electrons. The van der Waals surface area contributed by atoms with Crippen LogP contribution in [-0.4, -0.2) is 27.1 Å². The van der Waals surface area contributed by atoms with E-state index in [1.807, 2.05) is 16.2 Å². The zero-order chi connectivity index (χ0) is 14.6. The number of rotatable bonds is 2. The van der Waals surface area contributed by atoms with Crippen molar-refractivity contribution < 1.29 is 4.79 Å². The molecule has 6 heteroatoms. The molecule has 1 fully saturated rings. The zero-order valence-corrected chi connectivity index (χ0v) is 12.8. The van der Waals surface area contributed by atoms with E-state index < -0.39 is 0 Å². The standard InChI is InChI=1S/C15H18N4OS/c1-18-14(11(16)8-17-18)15(20)19-6-4-12-10(5-7-21-12)13(19)9-2-3-9/h5,7-9,13H,2-4,6,16H2,1H3. The Kier molecular flexibility index (Phi) is 2.82. The molecule has 0 spiro atoms. The fourth-order valence-corrected chi connectivity index (χ4v) is 4.26. The van der Waals surface area contributed by atoms with E-state index >= 15 is 0 Å². The Hall–Kier alpha value is -1.82. The number of carbonyl (C=O) groups excluding carboxylic acids is 1. The van der Waals surface area contributed by atoms with Gasteiger partial charge in [-0.15, -0.1) is 11.3 Å². The number of nitrogen functional groups attached to an aromatic ring is 1. The molecule has 5 nitrogen and oxygen atoms in total. The topological polar surface area (TPSA) is 64.2 Å². The Bertz CT molecular complexity index is 681. The second-order valence-electron chi connectivity index (χ2n) is 5.90. The summed E-state index contributed by atoms with van der Waals surface area (Å²) >= 11 is 1.81. The van der Waals surface area contributed by atoms with Crippen LogP contribution in [0.2, 0.25) is 0 Å². The van der Waals surface area contributed by atoms with Gasteiger partial charge in [0.05, 0.1) is 17.9 Å². The van der Waals surface area contributed by atoms with Gasteiger partial charge >= 0.3 is 0 Å². The van der Waals surface area contributed by atoms with Crippen molar-refractivity contribution in [2.75, 3.05) is 12.3 Å². The average Bonchev–Trinajstić information content (AvgIpc) is 3.10. The highest BCUT2D eigenvalue weighted by Gasteiger charge is 2.42. The largest absolute Gasteiger partial charge is 0.396 e. The summed E-state index contributed by atoms with van der Waals surface area (Å²) in [5.41, 5.74) is 8.26. The van der Waals surface area contributed by atoms with Crippen LogP contribution >= 0.6 is 11.3 Å². The maximum absolute atomic E-state index is 13.0. The van der Waals surface area contributed by atoms with Crippen LogP contribution in [0, 0.1) is 5.92 Å². The molecule has 1 aliphatic heterocycles. The van der Waals surface area contributed by atoms with Gasteiger partial charge in [0.2, 0.25) is 0 Å². The van der Waals surface area contributed by atoms with Gasteiger partial charge in [-0.25, -0.2) is 0 Å². The lowest BCUT2D eigenvalue weighted by Crippen LogP contribution is -2.41. The number of hydrogen-bond donors (Lipinski definition) is 1. The molecule has 1 saturated carbocycles. The third-order valence-corrected chi connectivity index (χ3v) is 5.51. The van der Waals surface area contributed by atoms with Gasteiger partial charge in [0.25, 0.3) is 5.91 Å². The molecule has 0 radical (unpaired) electrons. The first-order valence-corrected chi connectivity index (χ1v) is 8.19. The summed E-state index contributed by atoms with van der Waals surface area (Å²) in [6.45, 7) is 0.776. The Morgan fingerprint density at radius 3 is 2.95 bits per heavy atom. The fourth-order valence-electron chi connectivity index (χ4n) is 3.35. The molecule has 0 bridgehead atoms. The highest BCUT2D eigenvalue weighted by atomic mass is 32.1. The molecule has 2 aliphatic rings. The third-order valence-electron chi connectivity index (χ3n) is 4.51. The first kappa shape index (κ1) is 12.9. The molecule has 1 atom stereocenters. The molecule has 1 amide bonds. The van der Waals surface area contributed by atoms with E-state index in [2.05, 4.69) is 16.5 Å². The first-order chi connectivity index (χ1) is 10.2. The number of hydrogen-bond acceptors (Lipinski definition) is 4. The van der Waals surface area contributed by atoms with Gasteiger partial charge in [-0.3, -0.25) is 9.48 Å². The van der Waals surface area contributed by atoms with E-state index in [0.717, 1.165) is 13.0 Å². The predicted octanol–water partition coefficient (Wildman–Crippen LogP) is 2.21. The number of aryl methyl sites for hydroxylation is 1. The monoisotopic (exact) mass is 302 g/mol. The molecule has 3 heterocycles. The van der Waals surface area contributed by atoms with Crippen LogP contribution in [-0.2, 0) is 13.5 Å². The SMILES string of the molecule is Cn1ncc(N)c1C(=O)N1CCc2sccc2C1C1CC1. The van der Waals surface area contributed by atoms with Crippen LogP contribution in [0.15, 0.2) is 17.6 Å². The van der Waals surface area contributed by atoms with E-state index in [9.17, 15) is 4.79 Å². The highest BCUT2D eigenvalue weighted by Crippen LogP contribution is 2.48. The van der Waals surface area contributed by atoms with Crippen molar-refractivity contribution in [1.29, 1.82) is 0 Å². The van der Waals surface area contributed by atoms with Gasteiger partial charge in [-0.1, -0.05) is 0 Å². The molecule has 2 aromatic heterocycles. The minimum absolute atomic E-state index is 0.0150. The molecule has 0 aromatic carbocycles. The van der Waals surface area contributed by atoms with Crippen molar-refractivity contribution in [1.82, 2.24) is 14.7 Å². The van der Waals surface area contributed by atoms with E-state index in [0.29, 0.717) is 17.3 Å².